The molecule has 0 bridgehead atoms. The lowest BCUT2D eigenvalue weighted by Crippen LogP contribution is -2.24. The standard InChI is InChI=1S/C10H8Cl2INO/c1-6(11)5-14-10(15)7-2-3-9(13)8(12)4-7/h2-4H,1,5H2,(H,14,15). The molecule has 2 nitrogen and oxygen atoms in total. The fourth-order valence-corrected chi connectivity index (χ4v) is 1.50. The fourth-order valence-electron chi connectivity index (χ4n) is 0.916. The molecular weight excluding hydrogens is 348 g/mol. The van der Waals surface area contributed by atoms with E-state index in [9.17, 15) is 4.79 Å². The fraction of sp³-hybridized carbons (Fsp3) is 0.100. The summed E-state index contributed by atoms with van der Waals surface area (Å²) in [7, 11) is 0. The monoisotopic (exact) mass is 355 g/mol. The van der Waals surface area contributed by atoms with Crippen molar-refractivity contribution in [1.29, 1.82) is 0 Å². The van der Waals surface area contributed by atoms with Crippen molar-refractivity contribution in [3.05, 3.63) is 44.0 Å². The van der Waals surface area contributed by atoms with E-state index in [1.165, 1.54) is 0 Å². The smallest absolute Gasteiger partial charge is 0.251 e. The van der Waals surface area contributed by atoms with Crippen LogP contribution in [0.3, 0.4) is 0 Å². The number of carbonyl (C=O) groups excluding carboxylic acids is 1. The molecule has 0 saturated heterocycles. The van der Waals surface area contributed by atoms with E-state index in [0.29, 0.717) is 15.6 Å². The van der Waals surface area contributed by atoms with Crippen LogP contribution in [0.2, 0.25) is 5.02 Å². The molecule has 0 spiro atoms. The summed E-state index contributed by atoms with van der Waals surface area (Å²) < 4.78 is 0.910. The number of hydrogen-bond acceptors (Lipinski definition) is 1. The summed E-state index contributed by atoms with van der Waals surface area (Å²) in [5, 5.41) is 3.57. The van der Waals surface area contributed by atoms with Gasteiger partial charge in [0.25, 0.3) is 5.91 Å². The third-order valence-electron chi connectivity index (χ3n) is 1.62. The highest BCUT2D eigenvalue weighted by Gasteiger charge is 2.07. The molecule has 15 heavy (non-hydrogen) atoms. The number of hydrogen-bond donors (Lipinski definition) is 1. The number of amides is 1. The van der Waals surface area contributed by atoms with Gasteiger partial charge < -0.3 is 5.32 Å². The topological polar surface area (TPSA) is 29.1 Å². The first kappa shape index (κ1) is 12.8. The average Bonchev–Trinajstić information content (AvgIpc) is 2.18. The first-order chi connectivity index (χ1) is 7.00. The van der Waals surface area contributed by atoms with E-state index in [0.717, 1.165) is 3.57 Å². The molecule has 0 unspecified atom stereocenters. The highest BCUT2D eigenvalue weighted by atomic mass is 127. The minimum Gasteiger partial charge on any atom is -0.347 e. The van der Waals surface area contributed by atoms with Gasteiger partial charge in [0.05, 0.1) is 11.6 Å². The summed E-state index contributed by atoms with van der Waals surface area (Å²) in [6, 6.07) is 5.11. The number of rotatable bonds is 3. The predicted octanol–water partition coefficient (Wildman–Crippen LogP) is 3.43. The summed E-state index contributed by atoms with van der Waals surface area (Å²) in [5.41, 5.74) is 0.512. The molecule has 0 aliphatic carbocycles. The van der Waals surface area contributed by atoms with Gasteiger partial charge in [0.15, 0.2) is 0 Å². The van der Waals surface area contributed by atoms with Crippen LogP contribution >= 0.6 is 45.8 Å². The maximum Gasteiger partial charge on any atom is 0.251 e. The van der Waals surface area contributed by atoms with Crippen LogP contribution in [0.5, 0.6) is 0 Å². The number of carbonyl (C=O) groups is 1. The van der Waals surface area contributed by atoms with Crippen molar-refractivity contribution in [3.8, 4) is 0 Å². The van der Waals surface area contributed by atoms with Crippen LogP contribution in [0.15, 0.2) is 29.8 Å². The Balaban J connectivity index is 2.74. The Morgan fingerprint density at radius 2 is 2.20 bits per heavy atom. The molecule has 1 amide bonds. The van der Waals surface area contributed by atoms with Crippen LogP contribution in [0.1, 0.15) is 10.4 Å². The van der Waals surface area contributed by atoms with Crippen LogP contribution in [-0.2, 0) is 0 Å². The number of halogens is 3. The zero-order chi connectivity index (χ0) is 11.4. The van der Waals surface area contributed by atoms with Gasteiger partial charge in [-0.1, -0.05) is 29.8 Å². The molecule has 0 aliphatic rings. The first-order valence-corrected chi connectivity index (χ1v) is 5.90. The Kier molecular flexibility index (Phi) is 4.89. The molecular formula is C10H8Cl2INO. The molecule has 0 fully saturated rings. The van der Waals surface area contributed by atoms with Gasteiger partial charge in [-0.3, -0.25) is 4.79 Å². The van der Waals surface area contributed by atoms with Crippen LogP contribution in [0, 0.1) is 3.57 Å². The molecule has 1 N–H and O–H groups in total. The van der Waals surface area contributed by atoms with E-state index in [2.05, 4.69) is 34.5 Å². The number of benzene rings is 1. The summed E-state index contributed by atoms with van der Waals surface area (Å²) in [5.74, 6) is -0.213. The van der Waals surface area contributed by atoms with E-state index in [-0.39, 0.29) is 12.5 Å². The zero-order valence-corrected chi connectivity index (χ0v) is 11.4. The van der Waals surface area contributed by atoms with Crippen molar-refractivity contribution < 1.29 is 4.79 Å². The van der Waals surface area contributed by atoms with Gasteiger partial charge in [0.1, 0.15) is 0 Å². The summed E-state index contributed by atoms with van der Waals surface area (Å²) in [6.45, 7) is 3.73. The normalized spacial score (nSPS) is 9.80. The van der Waals surface area contributed by atoms with Gasteiger partial charge >= 0.3 is 0 Å². The van der Waals surface area contributed by atoms with E-state index >= 15 is 0 Å². The van der Waals surface area contributed by atoms with Gasteiger partial charge in [-0.15, -0.1) is 0 Å². The van der Waals surface area contributed by atoms with Crippen LogP contribution < -0.4 is 5.32 Å². The molecule has 1 aromatic carbocycles. The lowest BCUT2D eigenvalue weighted by molar-refractivity contribution is 0.0957. The molecule has 0 aliphatic heterocycles. The minimum absolute atomic E-state index is 0.213. The van der Waals surface area contributed by atoms with Crippen molar-refractivity contribution in [2.75, 3.05) is 6.54 Å². The van der Waals surface area contributed by atoms with Gasteiger partial charge in [-0.25, -0.2) is 0 Å². The Labute approximate surface area is 112 Å². The van der Waals surface area contributed by atoms with Crippen molar-refractivity contribution in [1.82, 2.24) is 5.32 Å². The van der Waals surface area contributed by atoms with Crippen LogP contribution in [0.25, 0.3) is 0 Å². The highest BCUT2D eigenvalue weighted by molar-refractivity contribution is 14.1. The van der Waals surface area contributed by atoms with Gasteiger partial charge in [0, 0.05) is 14.2 Å². The Hall–Kier alpha value is -0.260. The van der Waals surface area contributed by atoms with Gasteiger partial charge in [-0.2, -0.15) is 0 Å². The lowest BCUT2D eigenvalue weighted by atomic mass is 10.2. The van der Waals surface area contributed by atoms with Crippen molar-refractivity contribution in [2.45, 2.75) is 0 Å². The molecule has 0 saturated carbocycles. The minimum atomic E-state index is -0.213. The third-order valence-corrected chi connectivity index (χ3v) is 3.33. The van der Waals surface area contributed by atoms with Crippen molar-refractivity contribution in [3.63, 3.8) is 0 Å². The van der Waals surface area contributed by atoms with Gasteiger partial charge in [0.2, 0.25) is 0 Å². The molecule has 5 heteroatoms. The molecule has 1 rings (SSSR count). The summed E-state index contributed by atoms with van der Waals surface area (Å²) in [6.07, 6.45) is 0. The molecule has 0 atom stereocenters. The Morgan fingerprint density at radius 3 is 2.73 bits per heavy atom. The maximum atomic E-state index is 11.5. The average molecular weight is 356 g/mol. The van der Waals surface area contributed by atoms with Crippen molar-refractivity contribution in [2.24, 2.45) is 0 Å². The first-order valence-electron chi connectivity index (χ1n) is 4.07. The van der Waals surface area contributed by atoms with E-state index in [1.54, 1.807) is 18.2 Å². The van der Waals surface area contributed by atoms with E-state index < -0.39 is 0 Å². The maximum absolute atomic E-state index is 11.5. The molecule has 0 heterocycles. The third kappa shape index (κ3) is 4.01. The Morgan fingerprint density at radius 1 is 1.53 bits per heavy atom. The quantitative estimate of drug-likeness (QED) is 0.827. The van der Waals surface area contributed by atoms with Gasteiger partial charge in [-0.05, 0) is 40.8 Å². The molecule has 80 valence electrons. The second-order valence-corrected chi connectivity index (χ2v) is 4.93. The second-order valence-electron chi connectivity index (χ2n) is 2.83. The summed E-state index contributed by atoms with van der Waals surface area (Å²) in [4.78, 5) is 11.5. The summed E-state index contributed by atoms with van der Waals surface area (Å²) >= 11 is 13.5. The van der Waals surface area contributed by atoms with Crippen LogP contribution in [0.4, 0.5) is 0 Å². The van der Waals surface area contributed by atoms with E-state index in [1.807, 2.05) is 0 Å². The predicted molar refractivity (Wildman–Crippen MR) is 71.5 cm³/mol. The number of nitrogens with one attached hydrogen (secondary N) is 1. The zero-order valence-electron chi connectivity index (χ0n) is 7.69. The molecule has 0 aromatic heterocycles. The SMILES string of the molecule is C=C(Cl)CNC(=O)c1ccc(I)c(Cl)c1. The highest BCUT2D eigenvalue weighted by Crippen LogP contribution is 2.19. The van der Waals surface area contributed by atoms with E-state index in [4.69, 9.17) is 23.2 Å². The Bertz CT molecular complexity index is 406. The van der Waals surface area contributed by atoms with Crippen LogP contribution in [-0.4, -0.2) is 12.5 Å². The van der Waals surface area contributed by atoms with Crippen molar-refractivity contribution >= 4 is 51.7 Å². The largest absolute Gasteiger partial charge is 0.347 e. The second kappa shape index (κ2) is 5.72. The molecule has 1 aromatic rings. The lowest BCUT2D eigenvalue weighted by Gasteiger charge is -2.04. The molecule has 0 radical (unpaired) electrons.